The lowest BCUT2D eigenvalue weighted by Crippen LogP contribution is -2.49. The van der Waals surface area contributed by atoms with Crippen LogP contribution in [0.2, 0.25) is 0 Å². The van der Waals surface area contributed by atoms with Gasteiger partial charge in [0.15, 0.2) is 0 Å². The van der Waals surface area contributed by atoms with Crippen molar-refractivity contribution < 1.29 is 19.4 Å². The quantitative estimate of drug-likeness (QED) is 0.857. The summed E-state index contributed by atoms with van der Waals surface area (Å²) in [6, 6.07) is 9.06. The summed E-state index contributed by atoms with van der Waals surface area (Å²) in [4.78, 5) is 10.8. The monoisotopic (exact) mass is 265 g/mol. The summed E-state index contributed by atoms with van der Waals surface area (Å²) >= 11 is 0. The molecule has 5 heteroatoms. The van der Waals surface area contributed by atoms with E-state index < -0.39 is 6.09 Å². The predicted octanol–water partition coefficient (Wildman–Crippen LogP) is 2.27. The molecule has 0 aliphatic carbocycles. The Labute approximate surface area is 112 Å². The molecule has 19 heavy (non-hydrogen) atoms. The molecule has 0 unspecified atom stereocenters. The van der Waals surface area contributed by atoms with Gasteiger partial charge in [0.1, 0.15) is 11.9 Å². The smallest absolute Gasteiger partial charge is 0.405 e. The number of carboxylic acid groups (broad SMARTS) is 1. The average molecular weight is 265 g/mol. The molecule has 1 saturated heterocycles. The molecule has 0 bridgehead atoms. The zero-order valence-electron chi connectivity index (χ0n) is 10.9. The first-order chi connectivity index (χ1) is 9.16. The van der Waals surface area contributed by atoms with E-state index in [2.05, 4.69) is 5.32 Å². The highest BCUT2D eigenvalue weighted by atomic mass is 16.5. The first-order valence-electron chi connectivity index (χ1n) is 6.49. The minimum atomic E-state index is -1.05. The van der Waals surface area contributed by atoms with Crippen LogP contribution in [-0.2, 0) is 4.74 Å². The number of carbonyl (C=O) groups is 1. The Morgan fingerprint density at radius 1 is 1.47 bits per heavy atom. The van der Waals surface area contributed by atoms with E-state index in [9.17, 15) is 4.79 Å². The van der Waals surface area contributed by atoms with E-state index in [0.29, 0.717) is 6.61 Å². The SMILES string of the molecule is C[C@H](NC(=O)O)[C@@H](Oc1ccccc1)[C@@H]1CCCO1. The topological polar surface area (TPSA) is 67.8 Å². The zero-order chi connectivity index (χ0) is 13.7. The molecule has 1 aliphatic heterocycles. The Morgan fingerprint density at radius 3 is 2.79 bits per heavy atom. The van der Waals surface area contributed by atoms with Crippen LogP contribution in [0.1, 0.15) is 19.8 Å². The van der Waals surface area contributed by atoms with Crippen LogP contribution in [0.15, 0.2) is 30.3 Å². The maximum absolute atomic E-state index is 10.8. The van der Waals surface area contributed by atoms with Crippen molar-refractivity contribution >= 4 is 6.09 Å². The van der Waals surface area contributed by atoms with Crippen LogP contribution in [0.4, 0.5) is 4.79 Å². The maximum Gasteiger partial charge on any atom is 0.405 e. The molecule has 0 saturated carbocycles. The van der Waals surface area contributed by atoms with Gasteiger partial charge >= 0.3 is 6.09 Å². The van der Waals surface area contributed by atoms with Crippen LogP contribution in [0, 0.1) is 0 Å². The van der Waals surface area contributed by atoms with Crippen molar-refractivity contribution in [2.45, 2.75) is 38.0 Å². The van der Waals surface area contributed by atoms with Gasteiger partial charge in [0.05, 0.1) is 12.1 Å². The van der Waals surface area contributed by atoms with E-state index in [1.165, 1.54) is 0 Å². The first kappa shape index (κ1) is 13.7. The highest BCUT2D eigenvalue weighted by Crippen LogP contribution is 2.23. The van der Waals surface area contributed by atoms with Crippen LogP contribution >= 0.6 is 0 Å². The lowest BCUT2D eigenvalue weighted by Gasteiger charge is -2.29. The lowest BCUT2D eigenvalue weighted by molar-refractivity contribution is -0.00243. The molecular formula is C14H19NO4. The fourth-order valence-electron chi connectivity index (χ4n) is 2.29. The summed E-state index contributed by atoms with van der Waals surface area (Å²) in [5.74, 6) is 0.724. The number of benzene rings is 1. The van der Waals surface area contributed by atoms with E-state index >= 15 is 0 Å². The molecule has 1 heterocycles. The third-order valence-electron chi connectivity index (χ3n) is 3.19. The van der Waals surface area contributed by atoms with Crippen molar-refractivity contribution in [1.29, 1.82) is 0 Å². The average Bonchev–Trinajstić information content (AvgIpc) is 2.90. The van der Waals surface area contributed by atoms with Gasteiger partial charge in [-0.15, -0.1) is 0 Å². The Hall–Kier alpha value is -1.75. The third-order valence-corrected chi connectivity index (χ3v) is 3.19. The molecule has 1 aromatic rings. The largest absolute Gasteiger partial charge is 0.486 e. The summed E-state index contributed by atoms with van der Waals surface area (Å²) in [7, 11) is 0. The maximum atomic E-state index is 10.8. The van der Waals surface area contributed by atoms with Crippen molar-refractivity contribution in [3.05, 3.63) is 30.3 Å². The highest BCUT2D eigenvalue weighted by Gasteiger charge is 2.33. The molecule has 1 aromatic carbocycles. The van der Waals surface area contributed by atoms with Crippen LogP contribution in [0.5, 0.6) is 5.75 Å². The number of ether oxygens (including phenoxy) is 2. The number of hydrogen-bond donors (Lipinski definition) is 2. The van der Waals surface area contributed by atoms with Gasteiger partial charge in [0.25, 0.3) is 0 Å². The number of rotatable bonds is 5. The first-order valence-corrected chi connectivity index (χ1v) is 6.49. The van der Waals surface area contributed by atoms with Crippen LogP contribution in [0.25, 0.3) is 0 Å². The molecule has 1 aliphatic rings. The molecule has 1 amide bonds. The van der Waals surface area contributed by atoms with E-state index in [1.54, 1.807) is 6.92 Å². The second-order valence-corrected chi connectivity index (χ2v) is 4.69. The minimum absolute atomic E-state index is 0.0675. The summed E-state index contributed by atoms with van der Waals surface area (Å²) in [6.45, 7) is 2.50. The summed E-state index contributed by atoms with van der Waals surface area (Å²) in [5.41, 5.74) is 0. The van der Waals surface area contributed by atoms with Gasteiger partial charge in [-0.05, 0) is 31.9 Å². The predicted molar refractivity (Wildman–Crippen MR) is 70.5 cm³/mol. The fraction of sp³-hybridized carbons (Fsp3) is 0.500. The Balaban J connectivity index is 2.07. The van der Waals surface area contributed by atoms with Crippen molar-refractivity contribution in [2.24, 2.45) is 0 Å². The second kappa shape index (κ2) is 6.43. The molecule has 5 nitrogen and oxygen atoms in total. The highest BCUT2D eigenvalue weighted by molar-refractivity contribution is 5.64. The van der Waals surface area contributed by atoms with E-state index in [0.717, 1.165) is 18.6 Å². The molecule has 0 radical (unpaired) electrons. The van der Waals surface area contributed by atoms with Crippen molar-refractivity contribution in [3.8, 4) is 5.75 Å². The molecule has 1 fully saturated rings. The standard InChI is InChI=1S/C14H19NO4/c1-10(15-14(16)17)13(12-8-5-9-18-12)19-11-6-3-2-4-7-11/h2-4,6-7,10,12-13,15H,5,8-9H2,1H3,(H,16,17)/t10-,12-,13+/m0/s1. The second-order valence-electron chi connectivity index (χ2n) is 4.69. The van der Waals surface area contributed by atoms with Gasteiger partial charge in [-0.2, -0.15) is 0 Å². The van der Waals surface area contributed by atoms with Gasteiger partial charge in [0, 0.05) is 6.61 Å². The van der Waals surface area contributed by atoms with Gasteiger partial charge in [-0.25, -0.2) is 4.79 Å². The molecule has 0 aromatic heterocycles. The Morgan fingerprint density at radius 2 is 2.21 bits per heavy atom. The van der Waals surface area contributed by atoms with Gasteiger partial charge in [-0.1, -0.05) is 18.2 Å². The number of nitrogens with one attached hydrogen (secondary N) is 1. The molecular weight excluding hydrogens is 246 g/mol. The van der Waals surface area contributed by atoms with Crippen molar-refractivity contribution in [3.63, 3.8) is 0 Å². The van der Waals surface area contributed by atoms with Crippen LogP contribution in [-0.4, -0.2) is 36.1 Å². The summed E-state index contributed by atoms with van der Waals surface area (Å²) in [6.07, 6.45) is 0.442. The normalized spacial score (nSPS) is 21.6. The van der Waals surface area contributed by atoms with Crippen LogP contribution in [0.3, 0.4) is 0 Å². The molecule has 2 N–H and O–H groups in total. The van der Waals surface area contributed by atoms with Crippen molar-refractivity contribution in [1.82, 2.24) is 5.32 Å². The van der Waals surface area contributed by atoms with E-state index in [-0.39, 0.29) is 18.2 Å². The number of amides is 1. The Bertz CT molecular complexity index is 403. The minimum Gasteiger partial charge on any atom is -0.486 e. The number of hydrogen-bond acceptors (Lipinski definition) is 3. The molecule has 2 rings (SSSR count). The van der Waals surface area contributed by atoms with Gasteiger partial charge in [0.2, 0.25) is 0 Å². The third kappa shape index (κ3) is 3.86. The van der Waals surface area contributed by atoms with E-state index in [4.69, 9.17) is 14.6 Å². The number of para-hydroxylation sites is 1. The summed E-state index contributed by atoms with van der Waals surface area (Å²) < 4.78 is 11.5. The fourth-order valence-corrected chi connectivity index (χ4v) is 2.29. The van der Waals surface area contributed by atoms with Gasteiger partial charge < -0.3 is 19.9 Å². The van der Waals surface area contributed by atoms with Gasteiger partial charge in [-0.3, -0.25) is 0 Å². The lowest BCUT2D eigenvalue weighted by atomic mass is 10.0. The Kier molecular flexibility index (Phi) is 4.63. The summed E-state index contributed by atoms with van der Waals surface area (Å²) in [5, 5.41) is 11.3. The molecule has 3 atom stereocenters. The molecule has 0 spiro atoms. The molecule has 104 valence electrons. The van der Waals surface area contributed by atoms with E-state index in [1.807, 2.05) is 30.3 Å². The van der Waals surface area contributed by atoms with Crippen molar-refractivity contribution in [2.75, 3.05) is 6.61 Å². The zero-order valence-corrected chi connectivity index (χ0v) is 10.9. The van der Waals surface area contributed by atoms with Crippen LogP contribution < -0.4 is 10.1 Å².